The summed E-state index contributed by atoms with van der Waals surface area (Å²) in [5.74, 6) is 0.398. The highest BCUT2D eigenvalue weighted by molar-refractivity contribution is 6.34. The van der Waals surface area contributed by atoms with E-state index in [2.05, 4.69) is 10.6 Å². The fourth-order valence-corrected chi connectivity index (χ4v) is 3.32. The highest BCUT2D eigenvalue weighted by Gasteiger charge is 2.45. The molecule has 1 aliphatic carbocycles. The molecule has 1 aliphatic rings. The SMILES string of the molecule is COCCNC(=O)c1ccc(Cl)c(NC(=O)C2CC2c2ccccc2OC)c1. The van der Waals surface area contributed by atoms with E-state index in [1.165, 1.54) is 0 Å². The van der Waals surface area contributed by atoms with Crippen molar-refractivity contribution < 1.29 is 19.1 Å². The Kier molecular flexibility index (Phi) is 6.54. The van der Waals surface area contributed by atoms with Crippen molar-refractivity contribution in [3.63, 3.8) is 0 Å². The summed E-state index contributed by atoms with van der Waals surface area (Å²) in [6, 6.07) is 12.5. The van der Waals surface area contributed by atoms with Gasteiger partial charge in [0, 0.05) is 25.1 Å². The summed E-state index contributed by atoms with van der Waals surface area (Å²) in [6.07, 6.45) is 0.751. The van der Waals surface area contributed by atoms with Crippen molar-refractivity contribution in [1.29, 1.82) is 0 Å². The van der Waals surface area contributed by atoms with Crippen LogP contribution in [0.25, 0.3) is 0 Å². The molecule has 2 atom stereocenters. The van der Waals surface area contributed by atoms with E-state index in [9.17, 15) is 9.59 Å². The minimum absolute atomic E-state index is 0.116. The van der Waals surface area contributed by atoms with Crippen LogP contribution in [0, 0.1) is 5.92 Å². The largest absolute Gasteiger partial charge is 0.496 e. The number of carbonyl (C=O) groups is 2. The van der Waals surface area contributed by atoms with Gasteiger partial charge in [0.1, 0.15) is 5.75 Å². The van der Waals surface area contributed by atoms with Gasteiger partial charge in [0.15, 0.2) is 0 Å². The number of hydrogen-bond donors (Lipinski definition) is 2. The zero-order valence-corrected chi connectivity index (χ0v) is 16.6. The van der Waals surface area contributed by atoms with E-state index in [4.69, 9.17) is 21.1 Å². The molecule has 2 N–H and O–H groups in total. The number of ether oxygens (including phenoxy) is 2. The maximum atomic E-state index is 12.7. The van der Waals surface area contributed by atoms with Crippen LogP contribution in [-0.4, -0.2) is 39.2 Å². The van der Waals surface area contributed by atoms with Crippen molar-refractivity contribution in [2.24, 2.45) is 5.92 Å². The third-order valence-corrected chi connectivity index (χ3v) is 5.07. The van der Waals surface area contributed by atoms with Crippen molar-refractivity contribution in [2.75, 3.05) is 32.7 Å². The lowest BCUT2D eigenvalue weighted by molar-refractivity contribution is -0.117. The van der Waals surface area contributed by atoms with Crippen LogP contribution in [0.2, 0.25) is 5.02 Å². The third-order valence-electron chi connectivity index (χ3n) is 4.74. The molecular formula is C21H23ClN2O4. The van der Waals surface area contributed by atoms with E-state index in [0.717, 1.165) is 17.7 Å². The smallest absolute Gasteiger partial charge is 0.251 e. The minimum atomic E-state index is -0.248. The summed E-state index contributed by atoms with van der Waals surface area (Å²) < 4.78 is 10.3. The summed E-state index contributed by atoms with van der Waals surface area (Å²) in [7, 11) is 3.19. The Morgan fingerprint density at radius 2 is 1.96 bits per heavy atom. The molecule has 0 saturated heterocycles. The third kappa shape index (κ3) is 4.64. The number of amides is 2. The first kappa shape index (κ1) is 20.2. The summed E-state index contributed by atoms with van der Waals surface area (Å²) in [5.41, 5.74) is 1.88. The number of benzene rings is 2. The Morgan fingerprint density at radius 1 is 1.18 bits per heavy atom. The summed E-state index contributed by atoms with van der Waals surface area (Å²) >= 11 is 6.21. The van der Waals surface area contributed by atoms with Gasteiger partial charge in [-0.25, -0.2) is 0 Å². The predicted octanol–water partition coefficient (Wildman–Crippen LogP) is 3.47. The molecule has 7 heteroatoms. The number of hydrogen-bond acceptors (Lipinski definition) is 4. The molecule has 2 aromatic carbocycles. The van der Waals surface area contributed by atoms with Gasteiger partial charge in [-0.05, 0) is 42.2 Å². The second-order valence-corrected chi connectivity index (χ2v) is 7.03. The van der Waals surface area contributed by atoms with E-state index in [1.54, 1.807) is 32.4 Å². The van der Waals surface area contributed by atoms with Crippen LogP contribution in [0.5, 0.6) is 5.75 Å². The second kappa shape index (κ2) is 9.08. The standard InChI is InChI=1S/C21H23ClN2O4/c1-27-10-9-23-20(25)13-7-8-17(22)18(11-13)24-21(26)16-12-15(16)14-5-3-4-6-19(14)28-2/h3-8,11,15-16H,9-10,12H2,1-2H3,(H,23,25)(H,24,26). The first-order chi connectivity index (χ1) is 13.5. The van der Waals surface area contributed by atoms with E-state index in [1.807, 2.05) is 24.3 Å². The molecular weight excluding hydrogens is 380 g/mol. The van der Waals surface area contributed by atoms with Gasteiger partial charge in [0.25, 0.3) is 5.91 Å². The first-order valence-electron chi connectivity index (χ1n) is 9.05. The van der Waals surface area contributed by atoms with Gasteiger partial charge >= 0.3 is 0 Å². The highest BCUT2D eigenvalue weighted by atomic mass is 35.5. The molecule has 0 aromatic heterocycles. The van der Waals surface area contributed by atoms with Crippen molar-refractivity contribution in [1.82, 2.24) is 5.32 Å². The second-order valence-electron chi connectivity index (χ2n) is 6.62. The van der Waals surface area contributed by atoms with Crippen LogP contribution in [0.3, 0.4) is 0 Å². The summed E-state index contributed by atoms with van der Waals surface area (Å²) in [5, 5.41) is 5.98. The number of methoxy groups -OCH3 is 2. The predicted molar refractivity (Wildman–Crippen MR) is 108 cm³/mol. The number of anilines is 1. The van der Waals surface area contributed by atoms with Gasteiger partial charge in [0.05, 0.1) is 24.4 Å². The van der Waals surface area contributed by atoms with Crippen LogP contribution >= 0.6 is 11.6 Å². The Labute approximate surface area is 169 Å². The molecule has 0 heterocycles. The van der Waals surface area contributed by atoms with Crippen LogP contribution in [0.15, 0.2) is 42.5 Å². The molecule has 6 nitrogen and oxygen atoms in total. The van der Waals surface area contributed by atoms with Gasteiger partial charge in [-0.3, -0.25) is 9.59 Å². The number of nitrogens with one attached hydrogen (secondary N) is 2. The van der Waals surface area contributed by atoms with Crippen LogP contribution < -0.4 is 15.4 Å². The fourth-order valence-electron chi connectivity index (χ4n) is 3.16. The monoisotopic (exact) mass is 402 g/mol. The van der Waals surface area contributed by atoms with E-state index >= 15 is 0 Å². The van der Waals surface area contributed by atoms with Gasteiger partial charge in [-0.15, -0.1) is 0 Å². The van der Waals surface area contributed by atoms with Gasteiger partial charge in [-0.1, -0.05) is 29.8 Å². The lowest BCUT2D eigenvalue weighted by Gasteiger charge is -2.11. The molecule has 1 fully saturated rings. The molecule has 28 heavy (non-hydrogen) atoms. The first-order valence-corrected chi connectivity index (χ1v) is 9.43. The lowest BCUT2D eigenvalue weighted by atomic mass is 10.1. The lowest BCUT2D eigenvalue weighted by Crippen LogP contribution is -2.27. The molecule has 0 radical (unpaired) electrons. The Bertz CT molecular complexity index is 871. The number of carbonyl (C=O) groups excluding carboxylic acids is 2. The van der Waals surface area contributed by atoms with Crippen LogP contribution in [-0.2, 0) is 9.53 Å². The fraction of sp³-hybridized carbons (Fsp3) is 0.333. The average molecular weight is 403 g/mol. The molecule has 3 rings (SSSR count). The zero-order chi connectivity index (χ0) is 20.1. The molecule has 0 bridgehead atoms. The van der Waals surface area contributed by atoms with Crippen molar-refractivity contribution >= 4 is 29.1 Å². The van der Waals surface area contributed by atoms with Crippen molar-refractivity contribution in [2.45, 2.75) is 12.3 Å². The highest BCUT2D eigenvalue weighted by Crippen LogP contribution is 2.50. The molecule has 2 aromatic rings. The quantitative estimate of drug-likeness (QED) is 0.663. The van der Waals surface area contributed by atoms with Crippen molar-refractivity contribution in [3.8, 4) is 5.75 Å². The Hall–Kier alpha value is -2.57. The van der Waals surface area contributed by atoms with Crippen LogP contribution in [0.4, 0.5) is 5.69 Å². The van der Waals surface area contributed by atoms with Gasteiger partial charge < -0.3 is 20.1 Å². The maximum Gasteiger partial charge on any atom is 0.251 e. The molecule has 148 valence electrons. The Balaban J connectivity index is 1.66. The molecule has 2 amide bonds. The van der Waals surface area contributed by atoms with Gasteiger partial charge in [-0.2, -0.15) is 0 Å². The molecule has 0 spiro atoms. The van der Waals surface area contributed by atoms with Gasteiger partial charge in [0.2, 0.25) is 5.91 Å². The zero-order valence-electron chi connectivity index (χ0n) is 15.8. The number of halogens is 1. The van der Waals surface area contributed by atoms with E-state index < -0.39 is 0 Å². The number of rotatable bonds is 8. The molecule has 2 unspecified atom stereocenters. The van der Waals surface area contributed by atoms with Crippen molar-refractivity contribution in [3.05, 3.63) is 58.6 Å². The summed E-state index contributed by atoms with van der Waals surface area (Å²) in [6.45, 7) is 0.831. The normalized spacial score (nSPS) is 17.7. The maximum absolute atomic E-state index is 12.7. The average Bonchev–Trinajstić information content (AvgIpc) is 3.50. The molecule has 0 aliphatic heterocycles. The van der Waals surface area contributed by atoms with Crippen LogP contribution in [0.1, 0.15) is 28.3 Å². The Morgan fingerprint density at radius 3 is 2.71 bits per heavy atom. The molecule has 1 saturated carbocycles. The number of para-hydroxylation sites is 1. The summed E-state index contributed by atoms with van der Waals surface area (Å²) in [4.78, 5) is 24.9. The minimum Gasteiger partial charge on any atom is -0.496 e. The topological polar surface area (TPSA) is 76.7 Å². The van der Waals surface area contributed by atoms with E-state index in [-0.39, 0.29) is 23.7 Å². The van der Waals surface area contributed by atoms with E-state index in [0.29, 0.717) is 29.4 Å².